The van der Waals surface area contributed by atoms with Crippen molar-refractivity contribution in [1.82, 2.24) is 14.7 Å². The number of rotatable bonds is 4. The third-order valence-electron chi connectivity index (χ3n) is 3.42. The van der Waals surface area contributed by atoms with Crippen molar-refractivity contribution in [3.63, 3.8) is 0 Å². The van der Waals surface area contributed by atoms with Crippen LogP contribution in [0.25, 0.3) is 10.9 Å². The van der Waals surface area contributed by atoms with E-state index in [4.69, 9.17) is 5.73 Å². The van der Waals surface area contributed by atoms with Gasteiger partial charge < -0.3 is 10.6 Å². The summed E-state index contributed by atoms with van der Waals surface area (Å²) in [5.41, 5.74) is 7.38. The van der Waals surface area contributed by atoms with Gasteiger partial charge in [0.25, 0.3) is 0 Å². The lowest BCUT2D eigenvalue weighted by Crippen LogP contribution is -2.36. The number of aromatic nitrogens is 2. The van der Waals surface area contributed by atoms with Crippen LogP contribution in [0, 0.1) is 0 Å². The van der Waals surface area contributed by atoms with Gasteiger partial charge in [-0.05, 0) is 39.0 Å². The molecule has 0 aliphatic carbocycles. The molecule has 0 aliphatic heterocycles. The molecule has 1 atom stereocenters. The second kappa shape index (κ2) is 5.30. The van der Waals surface area contributed by atoms with Crippen molar-refractivity contribution in [2.45, 2.75) is 26.8 Å². The maximum Gasteiger partial charge on any atom is 0.247 e. The van der Waals surface area contributed by atoms with Crippen molar-refractivity contribution in [3.05, 3.63) is 24.4 Å². The fourth-order valence-electron chi connectivity index (χ4n) is 2.27. The lowest BCUT2D eigenvalue weighted by atomic mass is 10.2. The van der Waals surface area contributed by atoms with E-state index in [0.29, 0.717) is 18.8 Å². The Balaban J connectivity index is 2.38. The molecule has 0 radical (unpaired) electrons. The molecule has 0 saturated heterocycles. The number of hydrogen-bond acceptors (Lipinski definition) is 3. The zero-order valence-electron chi connectivity index (χ0n) is 11.6. The Hall–Kier alpha value is -2.04. The molecule has 1 unspecified atom stereocenters. The van der Waals surface area contributed by atoms with Crippen molar-refractivity contribution in [2.24, 2.45) is 0 Å². The standard InChI is InChI=1S/C14H20N4O/c1-4-17(5-2)14(19)10(3)18-13-8-12(15)7-6-11(13)9-16-18/h6-10H,4-5,15H2,1-3H3. The smallest absolute Gasteiger partial charge is 0.247 e. The van der Waals surface area contributed by atoms with Gasteiger partial charge in [0.05, 0.1) is 11.7 Å². The number of hydrogen-bond donors (Lipinski definition) is 1. The van der Waals surface area contributed by atoms with E-state index >= 15 is 0 Å². The topological polar surface area (TPSA) is 64.2 Å². The Morgan fingerprint density at radius 3 is 2.74 bits per heavy atom. The summed E-state index contributed by atoms with van der Waals surface area (Å²) in [4.78, 5) is 14.2. The first-order chi connectivity index (χ1) is 9.08. The largest absolute Gasteiger partial charge is 0.399 e. The van der Waals surface area contributed by atoms with Crippen molar-refractivity contribution >= 4 is 22.5 Å². The zero-order valence-corrected chi connectivity index (χ0v) is 11.6. The molecule has 19 heavy (non-hydrogen) atoms. The Labute approximate surface area is 113 Å². The summed E-state index contributed by atoms with van der Waals surface area (Å²) < 4.78 is 1.74. The minimum absolute atomic E-state index is 0.0809. The molecule has 0 saturated carbocycles. The third kappa shape index (κ3) is 2.41. The van der Waals surface area contributed by atoms with E-state index in [0.717, 1.165) is 10.9 Å². The fourth-order valence-corrected chi connectivity index (χ4v) is 2.27. The lowest BCUT2D eigenvalue weighted by Gasteiger charge is -2.23. The Morgan fingerprint density at radius 1 is 1.42 bits per heavy atom. The summed E-state index contributed by atoms with van der Waals surface area (Å²) >= 11 is 0. The highest BCUT2D eigenvalue weighted by Crippen LogP contribution is 2.21. The van der Waals surface area contributed by atoms with E-state index in [1.807, 2.05) is 43.9 Å². The summed E-state index contributed by atoms with van der Waals surface area (Å²) in [6.45, 7) is 7.25. The van der Waals surface area contributed by atoms with Crippen LogP contribution in [-0.4, -0.2) is 33.7 Å². The molecule has 0 fully saturated rings. The van der Waals surface area contributed by atoms with Gasteiger partial charge in [0, 0.05) is 24.2 Å². The second-order valence-electron chi connectivity index (χ2n) is 4.59. The number of fused-ring (bicyclic) bond motifs is 1. The van der Waals surface area contributed by atoms with Gasteiger partial charge in [0.15, 0.2) is 0 Å². The summed E-state index contributed by atoms with van der Waals surface area (Å²) in [5.74, 6) is 0.0809. The first-order valence-electron chi connectivity index (χ1n) is 6.60. The van der Waals surface area contributed by atoms with Gasteiger partial charge in [0.2, 0.25) is 5.91 Å². The number of nitrogens with two attached hydrogens (primary N) is 1. The van der Waals surface area contributed by atoms with Gasteiger partial charge in [0.1, 0.15) is 6.04 Å². The van der Waals surface area contributed by atoms with Crippen molar-refractivity contribution in [1.29, 1.82) is 0 Å². The van der Waals surface area contributed by atoms with Crippen LogP contribution in [0.1, 0.15) is 26.8 Å². The first kappa shape index (κ1) is 13.4. The van der Waals surface area contributed by atoms with Crippen LogP contribution in [0.4, 0.5) is 5.69 Å². The van der Waals surface area contributed by atoms with E-state index in [1.54, 1.807) is 10.9 Å². The van der Waals surface area contributed by atoms with E-state index in [2.05, 4.69) is 5.10 Å². The van der Waals surface area contributed by atoms with Crippen LogP contribution in [0.3, 0.4) is 0 Å². The molecule has 102 valence electrons. The van der Waals surface area contributed by atoms with Crippen molar-refractivity contribution in [2.75, 3.05) is 18.8 Å². The monoisotopic (exact) mass is 260 g/mol. The van der Waals surface area contributed by atoms with Gasteiger partial charge in [-0.15, -0.1) is 0 Å². The summed E-state index contributed by atoms with van der Waals surface area (Å²) in [6, 6.07) is 5.29. The molecular formula is C14H20N4O. The highest BCUT2D eigenvalue weighted by molar-refractivity contribution is 5.86. The Morgan fingerprint density at radius 2 is 2.11 bits per heavy atom. The lowest BCUT2D eigenvalue weighted by molar-refractivity contribution is -0.134. The summed E-state index contributed by atoms with van der Waals surface area (Å²) in [7, 11) is 0. The highest BCUT2D eigenvalue weighted by atomic mass is 16.2. The van der Waals surface area contributed by atoms with Crippen molar-refractivity contribution in [3.8, 4) is 0 Å². The van der Waals surface area contributed by atoms with E-state index < -0.39 is 0 Å². The molecule has 1 heterocycles. The van der Waals surface area contributed by atoms with Crippen molar-refractivity contribution < 1.29 is 4.79 Å². The molecule has 2 N–H and O–H groups in total. The maximum atomic E-state index is 12.4. The van der Waals surface area contributed by atoms with Crippen LogP contribution < -0.4 is 5.73 Å². The number of anilines is 1. The summed E-state index contributed by atoms with van der Waals surface area (Å²) in [6.07, 6.45) is 1.76. The number of carbonyl (C=O) groups excluding carboxylic acids is 1. The predicted molar refractivity (Wildman–Crippen MR) is 76.8 cm³/mol. The van der Waals surface area contributed by atoms with E-state index in [1.165, 1.54) is 0 Å². The second-order valence-corrected chi connectivity index (χ2v) is 4.59. The maximum absolute atomic E-state index is 12.4. The normalized spacial score (nSPS) is 12.6. The summed E-state index contributed by atoms with van der Waals surface area (Å²) in [5, 5.41) is 5.32. The number of nitrogens with zero attached hydrogens (tertiary/aromatic N) is 3. The molecule has 1 aromatic heterocycles. The molecular weight excluding hydrogens is 240 g/mol. The van der Waals surface area contributed by atoms with Crippen LogP contribution in [0.15, 0.2) is 24.4 Å². The fraction of sp³-hybridized carbons (Fsp3) is 0.429. The van der Waals surface area contributed by atoms with Gasteiger partial charge >= 0.3 is 0 Å². The predicted octanol–water partition coefficient (Wildman–Crippen LogP) is 2.05. The molecule has 0 aliphatic rings. The van der Waals surface area contributed by atoms with E-state index in [9.17, 15) is 4.79 Å². The van der Waals surface area contributed by atoms with Crippen LogP contribution in [0.2, 0.25) is 0 Å². The number of nitrogen functional groups attached to an aromatic ring is 1. The average Bonchev–Trinajstić information content (AvgIpc) is 2.82. The number of amides is 1. The molecule has 0 spiro atoms. The number of carbonyl (C=O) groups is 1. The SMILES string of the molecule is CCN(CC)C(=O)C(C)n1ncc2ccc(N)cc21. The minimum atomic E-state index is -0.320. The third-order valence-corrected chi connectivity index (χ3v) is 3.42. The minimum Gasteiger partial charge on any atom is -0.399 e. The molecule has 5 heteroatoms. The van der Waals surface area contributed by atoms with Gasteiger partial charge in [-0.1, -0.05) is 0 Å². The Kier molecular flexibility index (Phi) is 3.74. The quantitative estimate of drug-likeness (QED) is 0.856. The number of likely N-dealkylation sites (N-methyl/N-ethyl adjacent to an activating group) is 1. The first-order valence-corrected chi connectivity index (χ1v) is 6.60. The molecule has 1 aromatic carbocycles. The molecule has 2 rings (SSSR count). The van der Waals surface area contributed by atoms with Gasteiger partial charge in [-0.2, -0.15) is 5.10 Å². The van der Waals surface area contributed by atoms with Crippen LogP contribution >= 0.6 is 0 Å². The number of benzene rings is 1. The molecule has 2 aromatic rings. The average molecular weight is 260 g/mol. The van der Waals surface area contributed by atoms with Crippen LogP contribution in [0.5, 0.6) is 0 Å². The van der Waals surface area contributed by atoms with Crippen LogP contribution in [-0.2, 0) is 4.79 Å². The Bertz CT molecular complexity index is 586. The molecule has 5 nitrogen and oxygen atoms in total. The zero-order chi connectivity index (χ0) is 14.0. The molecule has 1 amide bonds. The van der Waals surface area contributed by atoms with Gasteiger partial charge in [-0.25, -0.2) is 0 Å². The molecule has 0 bridgehead atoms. The van der Waals surface area contributed by atoms with E-state index in [-0.39, 0.29) is 11.9 Å². The van der Waals surface area contributed by atoms with Gasteiger partial charge in [-0.3, -0.25) is 9.48 Å². The highest BCUT2D eigenvalue weighted by Gasteiger charge is 2.21.